The summed E-state index contributed by atoms with van der Waals surface area (Å²) in [4.78, 5) is 24.3. The Bertz CT molecular complexity index is 532. The summed E-state index contributed by atoms with van der Waals surface area (Å²) >= 11 is 0. The first-order valence-corrected chi connectivity index (χ1v) is 8.50. The fourth-order valence-electron chi connectivity index (χ4n) is 2.08. The topological polar surface area (TPSA) is 73.9 Å². The second kappa shape index (κ2) is 10.8. The second-order valence-corrected chi connectivity index (χ2v) is 6.38. The van der Waals surface area contributed by atoms with Gasteiger partial charge in [0.25, 0.3) is 0 Å². The van der Waals surface area contributed by atoms with E-state index in [-0.39, 0.29) is 5.91 Å². The van der Waals surface area contributed by atoms with E-state index >= 15 is 0 Å². The number of hydrogen-bond acceptors (Lipinski definition) is 5. The van der Waals surface area contributed by atoms with Crippen molar-refractivity contribution in [2.75, 3.05) is 13.7 Å². The minimum absolute atomic E-state index is 0.317. The number of rotatable bonds is 10. The van der Waals surface area contributed by atoms with Crippen molar-refractivity contribution in [1.82, 2.24) is 5.32 Å². The van der Waals surface area contributed by atoms with Crippen LogP contribution in [0, 0.1) is 5.92 Å². The Labute approximate surface area is 149 Å². The molecule has 0 aliphatic rings. The molecule has 1 aromatic rings. The molecule has 2 unspecified atom stereocenters. The normalized spacial score (nSPS) is 14.6. The Kier molecular flexibility index (Phi) is 9.16. The summed E-state index contributed by atoms with van der Waals surface area (Å²) in [5, 5.41) is 2.66. The van der Waals surface area contributed by atoms with Crippen LogP contribution in [0.2, 0.25) is 0 Å². The Morgan fingerprint density at radius 2 is 1.68 bits per heavy atom. The molecular weight excluding hydrogens is 322 g/mol. The van der Waals surface area contributed by atoms with Gasteiger partial charge in [-0.25, -0.2) is 4.79 Å². The Balaban J connectivity index is 2.59. The molecule has 0 bridgehead atoms. The van der Waals surface area contributed by atoms with Crippen molar-refractivity contribution in [2.24, 2.45) is 5.92 Å². The molecular formula is C19H29NO5. The van der Waals surface area contributed by atoms with Crippen molar-refractivity contribution >= 4 is 11.9 Å². The highest BCUT2D eigenvalue weighted by Crippen LogP contribution is 2.07. The van der Waals surface area contributed by atoms with Crippen LogP contribution in [0.4, 0.5) is 0 Å². The number of ether oxygens (including phenoxy) is 3. The molecule has 140 valence electrons. The molecule has 0 aliphatic heterocycles. The molecule has 0 aromatic heterocycles. The minimum atomic E-state index is -0.876. The third kappa shape index (κ3) is 7.67. The smallest absolute Gasteiger partial charge is 0.331 e. The zero-order chi connectivity index (χ0) is 18.8. The van der Waals surface area contributed by atoms with Crippen LogP contribution in [0.3, 0.4) is 0 Å². The quantitative estimate of drug-likeness (QED) is 0.655. The highest BCUT2D eigenvalue weighted by atomic mass is 16.5. The number of amides is 1. The number of esters is 1. The summed E-state index contributed by atoms with van der Waals surface area (Å²) in [6.45, 7) is 8.21. The Morgan fingerprint density at radius 1 is 1.04 bits per heavy atom. The van der Waals surface area contributed by atoms with Crippen LogP contribution in [0.15, 0.2) is 30.3 Å². The van der Waals surface area contributed by atoms with Crippen LogP contribution in [-0.2, 0) is 30.4 Å². The predicted molar refractivity (Wildman–Crippen MR) is 94.9 cm³/mol. The predicted octanol–water partition coefficient (Wildman–Crippen LogP) is 2.31. The van der Waals surface area contributed by atoms with E-state index in [1.165, 1.54) is 7.11 Å². The highest BCUT2D eigenvalue weighted by molar-refractivity contribution is 5.87. The van der Waals surface area contributed by atoms with Crippen LogP contribution >= 0.6 is 0 Å². The van der Waals surface area contributed by atoms with Gasteiger partial charge in [-0.2, -0.15) is 0 Å². The van der Waals surface area contributed by atoms with Crippen molar-refractivity contribution in [2.45, 2.75) is 52.6 Å². The fraction of sp³-hybridized carbons (Fsp3) is 0.579. The van der Waals surface area contributed by atoms with Crippen molar-refractivity contribution in [3.05, 3.63) is 35.9 Å². The molecule has 0 heterocycles. The van der Waals surface area contributed by atoms with E-state index in [1.807, 2.05) is 44.2 Å². The van der Waals surface area contributed by atoms with E-state index in [0.717, 1.165) is 5.56 Å². The molecule has 1 amide bonds. The lowest BCUT2D eigenvalue weighted by Gasteiger charge is -2.25. The zero-order valence-corrected chi connectivity index (χ0v) is 15.7. The third-order valence-corrected chi connectivity index (χ3v) is 3.63. The van der Waals surface area contributed by atoms with E-state index in [1.54, 1.807) is 13.8 Å². The lowest BCUT2D eigenvalue weighted by Crippen LogP contribution is -2.52. The average molecular weight is 351 g/mol. The molecule has 0 fully saturated rings. The van der Waals surface area contributed by atoms with E-state index in [2.05, 4.69) is 5.32 Å². The minimum Gasteiger partial charge on any atom is -0.467 e. The van der Waals surface area contributed by atoms with Gasteiger partial charge in [0, 0.05) is 6.61 Å². The average Bonchev–Trinajstić information content (AvgIpc) is 2.62. The number of carbonyl (C=O) groups is 2. The van der Waals surface area contributed by atoms with Crippen molar-refractivity contribution in [1.29, 1.82) is 0 Å². The van der Waals surface area contributed by atoms with Gasteiger partial charge in [0.2, 0.25) is 5.91 Å². The van der Waals surface area contributed by atoms with Gasteiger partial charge in [0.05, 0.1) is 19.8 Å². The molecule has 1 N–H and O–H groups in total. The highest BCUT2D eigenvalue weighted by Gasteiger charge is 2.30. The first-order valence-electron chi connectivity index (χ1n) is 8.50. The molecule has 25 heavy (non-hydrogen) atoms. The van der Waals surface area contributed by atoms with Gasteiger partial charge in [0.1, 0.15) is 6.10 Å². The molecule has 0 spiro atoms. The lowest BCUT2D eigenvalue weighted by molar-refractivity contribution is -0.151. The lowest BCUT2D eigenvalue weighted by atomic mass is 10.1. The molecule has 0 radical (unpaired) electrons. The van der Waals surface area contributed by atoms with Gasteiger partial charge in [-0.05, 0) is 25.3 Å². The summed E-state index contributed by atoms with van der Waals surface area (Å²) in [5.74, 6) is -0.601. The Hall–Kier alpha value is -1.92. The van der Waals surface area contributed by atoms with Crippen LogP contribution in [0.5, 0.6) is 0 Å². The molecule has 6 nitrogen and oxygen atoms in total. The molecule has 0 aliphatic carbocycles. The number of hydrogen-bond donors (Lipinski definition) is 1. The third-order valence-electron chi connectivity index (χ3n) is 3.63. The SMILES string of the molecule is COC(=O)[C@@H](NC(=O)C(C)OCc1ccccc1)C(C)OCC(C)C. The fourth-order valence-corrected chi connectivity index (χ4v) is 2.08. The first kappa shape index (κ1) is 21.1. The molecule has 0 saturated heterocycles. The molecule has 1 rings (SSSR count). The van der Waals surface area contributed by atoms with Gasteiger partial charge < -0.3 is 19.5 Å². The van der Waals surface area contributed by atoms with Crippen LogP contribution < -0.4 is 5.32 Å². The van der Waals surface area contributed by atoms with Crippen LogP contribution in [-0.4, -0.2) is 43.8 Å². The number of benzene rings is 1. The van der Waals surface area contributed by atoms with E-state index in [9.17, 15) is 9.59 Å². The summed E-state index contributed by atoms with van der Waals surface area (Å²) in [7, 11) is 1.28. The van der Waals surface area contributed by atoms with E-state index < -0.39 is 24.2 Å². The standard InChI is InChI=1S/C19H29NO5/c1-13(2)11-24-14(3)17(19(22)23-5)20-18(21)15(4)25-12-16-9-7-6-8-10-16/h6-10,13-15,17H,11-12H2,1-5H3,(H,20,21)/t14?,15?,17-/m0/s1. The van der Waals surface area contributed by atoms with Crippen LogP contribution in [0.25, 0.3) is 0 Å². The number of carbonyl (C=O) groups excluding carboxylic acids is 2. The van der Waals surface area contributed by atoms with Gasteiger partial charge >= 0.3 is 5.97 Å². The van der Waals surface area contributed by atoms with Gasteiger partial charge in [-0.15, -0.1) is 0 Å². The summed E-state index contributed by atoms with van der Waals surface area (Å²) in [6.07, 6.45) is -1.20. The second-order valence-electron chi connectivity index (χ2n) is 6.38. The summed E-state index contributed by atoms with van der Waals surface area (Å²) in [6, 6.07) is 8.70. The van der Waals surface area contributed by atoms with Crippen molar-refractivity contribution in [3.8, 4) is 0 Å². The Morgan fingerprint density at radius 3 is 2.24 bits per heavy atom. The zero-order valence-electron chi connectivity index (χ0n) is 15.7. The van der Waals surface area contributed by atoms with Crippen molar-refractivity contribution in [3.63, 3.8) is 0 Å². The van der Waals surface area contributed by atoms with Gasteiger partial charge in [0.15, 0.2) is 6.04 Å². The maximum atomic E-state index is 12.3. The molecule has 3 atom stereocenters. The maximum Gasteiger partial charge on any atom is 0.331 e. The molecule has 1 aromatic carbocycles. The van der Waals surface area contributed by atoms with Gasteiger partial charge in [-0.1, -0.05) is 44.2 Å². The summed E-state index contributed by atoms with van der Waals surface area (Å²) < 4.78 is 16.0. The van der Waals surface area contributed by atoms with Gasteiger partial charge in [-0.3, -0.25) is 4.79 Å². The maximum absolute atomic E-state index is 12.3. The van der Waals surface area contributed by atoms with E-state index in [0.29, 0.717) is 19.1 Å². The van der Waals surface area contributed by atoms with Crippen molar-refractivity contribution < 1.29 is 23.8 Å². The first-order chi connectivity index (χ1) is 11.8. The largest absolute Gasteiger partial charge is 0.467 e. The van der Waals surface area contributed by atoms with E-state index in [4.69, 9.17) is 14.2 Å². The number of nitrogens with one attached hydrogen (secondary N) is 1. The molecule has 6 heteroatoms. The monoisotopic (exact) mass is 351 g/mol. The van der Waals surface area contributed by atoms with Crippen LogP contribution in [0.1, 0.15) is 33.3 Å². The molecule has 0 saturated carbocycles. The number of methoxy groups -OCH3 is 1. The summed E-state index contributed by atoms with van der Waals surface area (Å²) in [5.41, 5.74) is 0.973.